The number of ether oxygens (including phenoxy) is 1. The highest BCUT2D eigenvalue weighted by molar-refractivity contribution is 5.38. The first-order valence-corrected chi connectivity index (χ1v) is 9.01. The van der Waals surface area contributed by atoms with Crippen LogP contribution in [0.1, 0.15) is 31.7 Å². The highest BCUT2D eigenvalue weighted by Crippen LogP contribution is 2.19. The van der Waals surface area contributed by atoms with Crippen LogP contribution in [-0.4, -0.2) is 32.6 Å². The van der Waals surface area contributed by atoms with E-state index in [1.165, 1.54) is 5.56 Å². The number of nitrogens with zero attached hydrogens (tertiary/aromatic N) is 4. The number of aromatic nitrogens is 3. The number of benzene rings is 1. The van der Waals surface area contributed by atoms with Gasteiger partial charge in [0.2, 0.25) is 0 Å². The minimum atomic E-state index is 0.462. The number of imidazole rings is 1. The average Bonchev–Trinajstić information content (AvgIpc) is 3.16. The first kappa shape index (κ1) is 18.1. The predicted octanol–water partition coefficient (Wildman–Crippen LogP) is 4.08. The standard InChI is InChI=1S/C21H26N4O/c1-4-17(2)24(15-18-9-11-22-12-10-18)16-21-23-13-14-25(21)19-5-7-20(26-3)8-6-19/h5-14,17H,4,15-16H2,1-3H3. The molecule has 0 fully saturated rings. The molecule has 0 spiro atoms. The van der Waals surface area contributed by atoms with E-state index in [1.807, 2.05) is 36.9 Å². The van der Waals surface area contributed by atoms with Crippen molar-refractivity contribution in [2.75, 3.05) is 7.11 Å². The third-order valence-electron chi connectivity index (χ3n) is 4.76. The molecule has 3 rings (SSSR count). The highest BCUT2D eigenvalue weighted by atomic mass is 16.5. The van der Waals surface area contributed by atoms with Crippen LogP contribution < -0.4 is 4.74 Å². The quantitative estimate of drug-likeness (QED) is 0.614. The number of methoxy groups -OCH3 is 1. The highest BCUT2D eigenvalue weighted by Gasteiger charge is 2.16. The summed E-state index contributed by atoms with van der Waals surface area (Å²) in [7, 11) is 1.68. The zero-order valence-electron chi connectivity index (χ0n) is 15.7. The van der Waals surface area contributed by atoms with Crippen molar-refractivity contribution >= 4 is 0 Å². The van der Waals surface area contributed by atoms with Crippen molar-refractivity contribution in [2.24, 2.45) is 0 Å². The Labute approximate surface area is 155 Å². The summed E-state index contributed by atoms with van der Waals surface area (Å²) in [5.74, 6) is 1.89. The second kappa shape index (κ2) is 8.63. The van der Waals surface area contributed by atoms with Crippen LogP contribution in [0.25, 0.3) is 5.69 Å². The van der Waals surface area contributed by atoms with Crippen LogP contribution in [0.2, 0.25) is 0 Å². The summed E-state index contributed by atoms with van der Waals surface area (Å²) in [5, 5.41) is 0. The van der Waals surface area contributed by atoms with Gasteiger partial charge in [-0.15, -0.1) is 0 Å². The van der Waals surface area contributed by atoms with Gasteiger partial charge in [-0.2, -0.15) is 0 Å². The van der Waals surface area contributed by atoms with Crippen molar-refractivity contribution in [1.82, 2.24) is 19.4 Å². The van der Waals surface area contributed by atoms with Crippen molar-refractivity contribution in [3.8, 4) is 11.4 Å². The van der Waals surface area contributed by atoms with Gasteiger partial charge >= 0.3 is 0 Å². The van der Waals surface area contributed by atoms with Gasteiger partial charge in [-0.25, -0.2) is 4.98 Å². The molecule has 1 atom stereocenters. The van der Waals surface area contributed by atoms with Gasteiger partial charge < -0.3 is 9.30 Å². The molecule has 1 unspecified atom stereocenters. The molecule has 136 valence electrons. The molecule has 0 aliphatic rings. The van der Waals surface area contributed by atoms with Gasteiger partial charge in [-0.1, -0.05) is 6.92 Å². The first-order valence-electron chi connectivity index (χ1n) is 9.01. The molecule has 5 nitrogen and oxygen atoms in total. The minimum Gasteiger partial charge on any atom is -0.497 e. The van der Waals surface area contributed by atoms with E-state index in [-0.39, 0.29) is 0 Å². The van der Waals surface area contributed by atoms with Gasteiger partial charge in [-0.3, -0.25) is 9.88 Å². The summed E-state index contributed by atoms with van der Waals surface area (Å²) in [6, 6.07) is 12.7. The Morgan fingerprint density at radius 1 is 1.04 bits per heavy atom. The fourth-order valence-electron chi connectivity index (χ4n) is 2.96. The van der Waals surface area contributed by atoms with E-state index in [2.05, 4.69) is 57.5 Å². The van der Waals surface area contributed by atoms with E-state index >= 15 is 0 Å². The molecule has 0 saturated carbocycles. The van der Waals surface area contributed by atoms with Crippen molar-refractivity contribution < 1.29 is 4.74 Å². The van der Waals surface area contributed by atoms with Gasteiger partial charge in [0.1, 0.15) is 11.6 Å². The van der Waals surface area contributed by atoms with Crippen LogP contribution >= 0.6 is 0 Å². The largest absolute Gasteiger partial charge is 0.497 e. The topological polar surface area (TPSA) is 43.2 Å². The van der Waals surface area contributed by atoms with Crippen LogP contribution in [0.4, 0.5) is 0 Å². The fourth-order valence-corrected chi connectivity index (χ4v) is 2.96. The Bertz CT molecular complexity index is 798. The molecule has 0 saturated heterocycles. The van der Waals surface area contributed by atoms with Crippen LogP contribution in [0.5, 0.6) is 5.75 Å². The van der Waals surface area contributed by atoms with Crippen molar-refractivity contribution in [2.45, 2.75) is 39.4 Å². The Morgan fingerprint density at radius 2 is 1.77 bits per heavy atom. The van der Waals surface area contributed by atoms with Crippen LogP contribution in [-0.2, 0) is 13.1 Å². The van der Waals surface area contributed by atoms with Crippen LogP contribution in [0, 0.1) is 0 Å². The maximum atomic E-state index is 5.26. The van der Waals surface area contributed by atoms with Gasteiger partial charge in [0.15, 0.2) is 0 Å². The molecule has 26 heavy (non-hydrogen) atoms. The lowest BCUT2D eigenvalue weighted by molar-refractivity contribution is 0.180. The molecule has 0 radical (unpaired) electrons. The van der Waals surface area contributed by atoms with E-state index in [9.17, 15) is 0 Å². The van der Waals surface area contributed by atoms with Crippen LogP contribution in [0.15, 0.2) is 61.2 Å². The predicted molar refractivity (Wildman–Crippen MR) is 103 cm³/mol. The Hall–Kier alpha value is -2.66. The third-order valence-corrected chi connectivity index (χ3v) is 4.76. The molecule has 2 heterocycles. The van der Waals surface area contributed by atoms with Gasteiger partial charge in [0, 0.05) is 43.1 Å². The van der Waals surface area contributed by atoms with E-state index in [0.29, 0.717) is 6.04 Å². The van der Waals surface area contributed by atoms with Gasteiger partial charge in [0.25, 0.3) is 0 Å². The molecule has 1 aromatic carbocycles. The van der Waals surface area contributed by atoms with Crippen molar-refractivity contribution in [3.63, 3.8) is 0 Å². The second-order valence-electron chi connectivity index (χ2n) is 6.43. The number of hydrogen-bond acceptors (Lipinski definition) is 4. The molecule has 3 aromatic rings. The summed E-state index contributed by atoms with van der Waals surface area (Å²) in [4.78, 5) is 11.2. The Balaban J connectivity index is 1.82. The molecule has 0 bridgehead atoms. The Morgan fingerprint density at radius 3 is 2.42 bits per heavy atom. The number of pyridine rings is 1. The number of hydrogen-bond donors (Lipinski definition) is 0. The lowest BCUT2D eigenvalue weighted by Crippen LogP contribution is -2.32. The third kappa shape index (κ3) is 4.29. The average molecular weight is 350 g/mol. The smallest absolute Gasteiger partial charge is 0.127 e. The second-order valence-corrected chi connectivity index (χ2v) is 6.43. The van der Waals surface area contributed by atoms with Crippen molar-refractivity contribution in [1.29, 1.82) is 0 Å². The number of rotatable bonds is 8. The summed E-state index contributed by atoms with van der Waals surface area (Å²) in [5.41, 5.74) is 2.36. The summed E-state index contributed by atoms with van der Waals surface area (Å²) in [6.45, 7) is 6.16. The lowest BCUT2D eigenvalue weighted by Gasteiger charge is -2.28. The normalized spacial score (nSPS) is 12.3. The van der Waals surface area contributed by atoms with E-state index in [1.54, 1.807) is 7.11 Å². The van der Waals surface area contributed by atoms with E-state index in [4.69, 9.17) is 4.74 Å². The van der Waals surface area contributed by atoms with Gasteiger partial charge in [0.05, 0.1) is 13.7 Å². The maximum absolute atomic E-state index is 5.26. The molecule has 0 aliphatic heterocycles. The van der Waals surface area contributed by atoms with Gasteiger partial charge in [-0.05, 0) is 55.3 Å². The molecule has 0 N–H and O–H groups in total. The SMILES string of the molecule is CCC(C)N(Cc1ccncc1)Cc1nccn1-c1ccc(OC)cc1. The zero-order valence-corrected chi connectivity index (χ0v) is 15.7. The van der Waals surface area contributed by atoms with Crippen molar-refractivity contribution in [3.05, 3.63) is 72.6 Å². The van der Waals surface area contributed by atoms with Crippen LogP contribution in [0.3, 0.4) is 0 Å². The lowest BCUT2D eigenvalue weighted by atomic mass is 10.1. The first-order chi connectivity index (χ1) is 12.7. The molecular formula is C21H26N4O. The fraction of sp³-hybridized carbons (Fsp3) is 0.333. The monoisotopic (exact) mass is 350 g/mol. The zero-order chi connectivity index (χ0) is 18.4. The molecule has 0 aliphatic carbocycles. The summed E-state index contributed by atoms with van der Waals surface area (Å²) >= 11 is 0. The minimum absolute atomic E-state index is 0.462. The Kier molecular flexibility index (Phi) is 6.02. The molecular weight excluding hydrogens is 324 g/mol. The molecule has 2 aromatic heterocycles. The van der Waals surface area contributed by atoms with E-state index < -0.39 is 0 Å². The van der Waals surface area contributed by atoms with E-state index in [0.717, 1.165) is 36.8 Å². The molecule has 0 amide bonds. The summed E-state index contributed by atoms with van der Waals surface area (Å²) < 4.78 is 7.40. The summed E-state index contributed by atoms with van der Waals surface area (Å²) in [6.07, 6.45) is 8.67. The molecule has 5 heteroatoms. The maximum Gasteiger partial charge on any atom is 0.127 e.